The third-order valence-corrected chi connectivity index (χ3v) is 5.98. The predicted octanol–water partition coefficient (Wildman–Crippen LogP) is 2.60. The topological polar surface area (TPSA) is 88.9 Å². The van der Waals surface area contributed by atoms with E-state index >= 15 is 0 Å². The van der Waals surface area contributed by atoms with Crippen molar-refractivity contribution in [3.63, 3.8) is 0 Å². The quantitative estimate of drug-likeness (QED) is 0.672. The summed E-state index contributed by atoms with van der Waals surface area (Å²) in [7, 11) is 1.66. The van der Waals surface area contributed by atoms with E-state index in [1.165, 1.54) is 12.0 Å². The number of tetrazole rings is 1. The number of aromatic nitrogens is 5. The fourth-order valence-corrected chi connectivity index (χ4v) is 4.61. The molecule has 1 fully saturated rings. The largest absolute Gasteiger partial charge is 0.383 e. The highest BCUT2D eigenvalue weighted by atomic mass is 16.5. The average Bonchev–Trinajstić information content (AvgIpc) is 3.16. The number of likely N-dealkylation sites (tertiary alicyclic amines) is 1. The van der Waals surface area contributed by atoms with Gasteiger partial charge in [0.05, 0.1) is 18.7 Å². The summed E-state index contributed by atoms with van der Waals surface area (Å²) in [5.74, 6) is 1.25. The molecule has 8 heteroatoms. The van der Waals surface area contributed by atoms with Gasteiger partial charge in [-0.15, -0.1) is 5.10 Å². The first kappa shape index (κ1) is 20.7. The van der Waals surface area contributed by atoms with E-state index in [4.69, 9.17) is 4.74 Å². The molecule has 160 valence electrons. The number of fused-ring (bicyclic) bond motifs is 1. The molecule has 1 aliphatic rings. The second-order valence-electron chi connectivity index (χ2n) is 8.50. The van der Waals surface area contributed by atoms with Crippen LogP contribution in [0.4, 0.5) is 0 Å². The molecule has 30 heavy (non-hydrogen) atoms. The zero-order valence-electron chi connectivity index (χ0n) is 18.2. The van der Waals surface area contributed by atoms with Gasteiger partial charge in [-0.25, -0.2) is 4.68 Å². The molecule has 8 nitrogen and oxygen atoms in total. The number of pyridine rings is 1. The lowest BCUT2D eigenvalue weighted by Crippen LogP contribution is -2.41. The van der Waals surface area contributed by atoms with Crippen LogP contribution in [-0.2, 0) is 11.3 Å². The Morgan fingerprint density at radius 2 is 2.13 bits per heavy atom. The normalized spacial score (nSPS) is 18.7. The number of H-pyrrole nitrogens is 1. The molecule has 0 radical (unpaired) electrons. The molecule has 4 rings (SSSR count). The SMILES string of the molecule is COCCn1nnnc1[C@@H](c1cc2cc(C)cc(C)c2[nH]c1=O)N1CCC[C@H](C)C1. The molecule has 0 spiro atoms. The van der Waals surface area contributed by atoms with E-state index < -0.39 is 0 Å². The Balaban J connectivity index is 1.87. The number of aryl methyl sites for hydroxylation is 2. The van der Waals surface area contributed by atoms with Crippen molar-refractivity contribution in [3.05, 3.63) is 51.1 Å². The van der Waals surface area contributed by atoms with Gasteiger partial charge in [-0.3, -0.25) is 9.69 Å². The number of piperidine rings is 1. The zero-order valence-corrected chi connectivity index (χ0v) is 18.2. The van der Waals surface area contributed by atoms with E-state index in [1.54, 1.807) is 11.8 Å². The Bertz CT molecular complexity index is 1090. The number of methoxy groups -OCH3 is 1. The van der Waals surface area contributed by atoms with Gasteiger partial charge in [-0.2, -0.15) is 0 Å². The smallest absolute Gasteiger partial charge is 0.253 e. The molecule has 1 saturated heterocycles. The maximum absolute atomic E-state index is 13.3. The summed E-state index contributed by atoms with van der Waals surface area (Å²) in [6.07, 6.45) is 2.30. The van der Waals surface area contributed by atoms with Crippen LogP contribution in [0.3, 0.4) is 0 Å². The number of rotatable bonds is 6. The first-order valence-corrected chi connectivity index (χ1v) is 10.6. The number of ether oxygens (including phenoxy) is 1. The molecule has 1 aromatic carbocycles. The maximum Gasteiger partial charge on any atom is 0.253 e. The second-order valence-corrected chi connectivity index (χ2v) is 8.50. The van der Waals surface area contributed by atoms with Crippen LogP contribution in [0.5, 0.6) is 0 Å². The average molecular weight is 411 g/mol. The van der Waals surface area contributed by atoms with Crippen LogP contribution in [0.1, 0.15) is 48.3 Å². The van der Waals surface area contributed by atoms with Gasteiger partial charge >= 0.3 is 0 Å². The summed E-state index contributed by atoms with van der Waals surface area (Å²) < 4.78 is 6.99. The Labute approximate surface area is 176 Å². The lowest BCUT2D eigenvalue weighted by molar-refractivity contribution is 0.137. The van der Waals surface area contributed by atoms with Gasteiger partial charge < -0.3 is 9.72 Å². The predicted molar refractivity (Wildman–Crippen MR) is 116 cm³/mol. The highest BCUT2D eigenvalue weighted by molar-refractivity contribution is 5.83. The molecule has 3 heterocycles. The van der Waals surface area contributed by atoms with Crippen molar-refractivity contribution in [1.82, 2.24) is 30.1 Å². The van der Waals surface area contributed by atoms with E-state index in [1.807, 2.05) is 13.0 Å². The molecule has 1 aliphatic heterocycles. The molecular formula is C22H30N6O2. The van der Waals surface area contributed by atoms with Crippen LogP contribution in [-0.4, -0.2) is 56.9 Å². The van der Waals surface area contributed by atoms with Gasteiger partial charge in [0.15, 0.2) is 5.82 Å². The van der Waals surface area contributed by atoms with Crippen LogP contribution >= 0.6 is 0 Å². The molecule has 1 N–H and O–H groups in total. The summed E-state index contributed by atoms with van der Waals surface area (Å²) in [6, 6.07) is 5.93. The van der Waals surface area contributed by atoms with Crippen LogP contribution in [0.15, 0.2) is 23.0 Å². The van der Waals surface area contributed by atoms with Crippen molar-refractivity contribution >= 4 is 10.9 Å². The summed E-state index contributed by atoms with van der Waals surface area (Å²) >= 11 is 0. The highest BCUT2D eigenvalue weighted by Crippen LogP contribution is 2.31. The monoisotopic (exact) mass is 410 g/mol. The maximum atomic E-state index is 13.3. The van der Waals surface area contributed by atoms with Gasteiger partial charge in [-0.1, -0.05) is 18.6 Å². The van der Waals surface area contributed by atoms with E-state index in [9.17, 15) is 4.79 Å². The van der Waals surface area contributed by atoms with Gasteiger partial charge in [0.2, 0.25) is 0 Å². The Hall–Kier alpha value is -2.58. The van der Waals surface area contributed by atoms with E-state index in [2.05, 4.69) is 51.4 Å². The number of aromatic amines is 1. The minimum atomic E-state index is -0.298. The van der Waals surface area contributed by atoms with Crippen molar-refractivity contribution in [2.45, 2.75) is 46.2 Å². The highest BCUT2D eigenvalue weighted by Gasteiger charge is 2.32. The van der Waals surface area contributed by atoms with Crippen molar-refractivity contribution in [2.24, 2.45) is 5.92 Å². The van der Waals surface area contributed by atoms with Crippen LogP contribution in [0.2, 0.25) is 0 Å². The molecule has 0 amide bonds. The van der Waals surface area contributed by atoms with E-state index in [0.717, 1.165) is 36.0 Å². The Morgan fingerprint density at radius 3 is 2.90 bits per heavy atom. The minimum Gasteiger partial charge on any atom is -0.383 e. The number of hydrogen-bond acceptors (Lipinski definition) is 6. The van der Waals surface area contributed by atoms with Crippen molar-refractivity contribution in [2.75, 3.05) is 26.8 Å². The minimum absolute atomic E-state index is 0.0843. The summed E-state index contributed by atoms with van der Waals surface area (Å²) in [5, 5.41) is 13.5. The third-order valence-electron chi connectivity index (χ3n) is 5.98. The third kappa shape index (κ3) is 4.02. The van der Waals surface area contributed by atoms with Crippen molar-refractivity contribution in [3.8, 4) is 0 Å². The van der Waals surface area contributed by atoms with E-state index in [0.29, 0.717) is 30.5 Å². The first-order valence-electron chi connectivity index (χ1n) is 10.6. The Morgan fingerprint density at radius 1 is 1.30 bits per heavy atom. The summed E-state index contributed by atoms with van der Waals surface area (Å²) in [6.45, 7) is 9.24. The molecule has 3 aromatic rings. The fourth-order valence-electron chi connectivity index (χ4n) is 4.61. The number of nitrogens with one attached hydrogen (secondary N) is 1. The van der Waals surface area contributed by atoms with Crippen molar-refractivity contribution in [1.29, 1.82) is 0 Å². The Kier molecular flexibility index (Phi) is 5.97. The van der Waals surface area contributed by atoms with Crippen LogP contribution in [0, 0.1) is 19.8 Å². The molecule has 0 saturated carbocycles. The number of hydrogen-bond donors (Lipinski definition) is 1. The summed E-state index contributed by atoms with van der Waals surface area (Å²) in [5.41, 5.74) is 3.74. The number of benzene rings is 1. The zero-order chi connectivity index (χ0) is 21.3. The van der Waals surface area contributed by atoms with Crippen LogP contribution < -0.4 is 5.56 Å². The van der Waals surface area contributed by atoms with Gasteiger partial charge in [0, 0.05) is 19.2 Å². The van der Waals surface area contributed by atoms with E-state index in [-0.39, 0.29) is 11.6 Å². The molecule has 0 unspecified atom stereocenters. The molecule has 2 atom stereocenters. The first-order chi connectivity index (χ1) is 14.5. The van der Waals surface area contributed by atoms with Crippen molar-refractivity contribution < 1.29 is 4.74 Å². The number of nitrogens with zero attached hydrogens (tertiary/aromatic N) is 5. The van der Waals surface area contributed by atoms with Gasteiger partial charge in [-0.05, 0) is 72.7 Å². The standard InChI is InChI=1S/C22H30N6O2/c1-14-6-5-7-27(13-14)20(21-24-25-26-28(21)8-9-30-4)18-12-17-11-15(2)10-16(3)19(17)23-22(18)29/h10-12,14,20H,5-9,13H2,1-4H3,(H,23,29)/t14-,20+/m0/s1. The summed E-state index contributed by atoms with van der Waals surface area (Å²) in [4.78, 5) is 18.7. The lowest BCUT2D eigenvalue weighted by Gasteiger charge is -2.36. The fraction of sp³-hybridized carbons (Fsp3) is 0.545. The van der Waals surface area contributed by atoms with Gasteiger partial charge in [0.25, 0.3) is 5.56 Å². The molecule has 2 aromatic heterocycles. The molecule has 0 aliphatic carbocycles. The second kappa shape index (κ2) is 8.65. The van der Waals surface area contributed by atoms with Gasteiger partial charge in [0.1, 0.15) is 6.04 Å². The molecular weight excluding hydrogens is 380 g/mol. The van der Waals surface area contributed by atoms with Crippen LogP contribution in [0.25, 0.3) is 10.9 Å². The molecule has 0 bridgehead atoms. The lowest BCUT2D eigenvalue weighted by atomic mass is 9.95.